The van der Waals surface area contributed by atoms with Crippen LogP contribution in [0.4, 0.5) is 19.0 Å². The van der Waals surface area contributed by atoms with Gasteiger partial charge >= 0.3 is 6.18 Å². The zero-order valence-corrected chi connectivity index (χ0v) is 10.1. The van der Waals surface area contributed by atoms with Crippen LogP contribution in [0.5, 0.6) is 0 Å². The molecule has 0 atom stereocenters. The molecule has 19 heavy (non-hydrogen) atoms. The summed E-state index contributed by atoms with van der Waals surface area (Å²) in [5.41, 5.74) is 0.201. The van der Waals surface area contributed by atoms with E-state index in [0.717, 1.165) is 0 Å². The van der Waals surface area contributed by atoms with Crippen molar-refractivity contribution in [1.29, 1.82) is 5.26 Å². The van der Waals surface area contributed by atoms with Crippen molar-refractivity contribution in [2.75, 3.05) is 37.6 Å². The van der Waals surface area contributed by atoms with Crippen molar-refractivity contribution in [1.82, 2.24) is 14.9 Å². The molecule has 5 nitrogen and oxygen atoms in total. The van der Waals surface area contributed by atoms with Gasteiger partial charge in [0.15, 0.2) is 11.5 Å². The summed E-state index contributed by atoms with van der Waals surface area (Å²) < 4.78 is 36.8. The van der Waals surface area contributed by atoms with Gasteiger partial charge in [0.05, 0.1) is 6.54 Å². The number of anilines is 1. The van der Waals surface area contributed by atoms with Crippen LogP contribution in [0.3, 0.4) is 0 Å². The number of nitriles is 1. The molecule has 0 unspecified atom stereocenters. The Morgan fingerprint density at radius 2 is 1.79 bits per heavy atom. The molecule has 0 bridgehead atoms. The molecule has 2 heterocycles. The van der Waals surface area contributed by atoms with E-state index in [-0.39, 0.29) is 5.69 Å². The highest BCUT2D eigenvalue weighted by Crippen LogP contribution is 2.20. The quantitative estimate of drug-likeness (QED) is 0.804. The lowest BCUT2D eigenvalue weighted by Crippen LogP contribution is -2.49. The Labute approximate surface area is 108 Å². The number of halogens is 3. The maximum Gasteiger partial charge on any atom is 0.401 e. The van der Waals surface area contributed by atoms with Crippen molar-refractivity contribution in [2.45, 2.75) is 6.18 Å². The van der Waals surface area contributed by atoms with E-state index in [1.54, 1.807) is 4.90 Å². The van der Waals surface area contributed by atoms with Crippen molar-refractivity contribution >= 4 is 5.82 Å². The highest BCUT2D eigenvalue weighted by atomic mass is 19.4. The maximum absolute atomic E-state index is 12.3. The van der Waals surface area contributed by atoms with Crippen LogP contribution in [-0.2, 0) is 0 Å². The van der Waals surface area contributed by atoms with E-state index < -0.39 is 12.7 Å². The van der Waals surface area contributed by atoms with Gasteiger partial charge in [-0.25, -0.2) is 9.97 Å². The molecule has 1 aliphatic heterocycles. The van der Waals surface area contributed by atoms with Gasteiger partial charge in [0, 0.05) is 38.6 Å². The zero-order chi connectivity index (χ0) is 13.9. The first-order valence-corrected chi connectivity index (χ1v) is 5.75. The third kappa shape index (κ3) is 3.54. The SMILES string of the molecule is N#Cc1nccnc1N1CCN(CC(F)(F)F)CC1. The van der Waals surface area contributed by atoms with Crippen LogP contribution in [0.2, 0.25) is 0 Å². The van der Waals surface area contributed by atoms with Crippen molar-refractivity contribution in [3.63, 3.8) is 0 Å². The first-order valence-electron chi connectivity index (χ1n) is 5.75. The molecule has 0 N–H and O–H groups in total. The van der Waals surface area contributed by atoms with Gasteiger partial charge in [-0.2, -0.15) is 18.4 Å². The second-order valence-electron chi connectivity index (χ2n) is 4.22. The molecule has 0 aliphatic carbocycles. The minimum Gasteiger partial charge on any atom is -0.352 e. The number of hydrogen-bond donors (Lipinski definition) is 0. The second-order valence-corrected chi connectivity index (χ2v) is 4.22. The Bertz CT molecular complexity index is 474. The van der Waals surface area contributed by atoms with Gasteiger partial charge in [-0.1, -0.05) is 0 Å². The van der Waals surface area contributed by atoms with E-state index in [4.69, 9.17) is 5.26 Å². The molecule has 0 aromatic carbocycles. The van der Waals surface area contributed by atoms with Crippen LogP contribution in [-0.4, -0.2) is 53.8 Å². The highest BCUT2D eigenvalue weighted by Gasteiger charge is 2.32. The Morgan fingerprint density at radius 1 is 1.16 bits per heavy atom. The van der Waals surface area contributed by atoms with E-state index in [9.17, 15) is 13.2 Å². The van der Waals surface area contributed by atoms with Crippen molar-refractivity contribution in [3.8, 4) is 6.07 Å². The van der Waals surface area contributed by atoms with Crippen molar-refractivity contribution < 1.29 is 13.2 Å². The number of piperazine rings is 1. The van der Waals surface area contributed by atoms with Gasteiger partial charge in [0.1, 0.15) is 6.07 Å². The smallest absolute Gasteiger partial charge is 0.352 e. The lowest BCUT2D eigenvalue weighted by atomic mass is 10.3. The van der Waals surface area contributed by atoms with Gasteiger partial charge in [-0.15, -0.1) is 0 Å². The molecule has 1 aromatic rings. The lowest BCUT2D eigenvalue weighted by molar-refractivity contribution is -0.146. The van der Waals surface area contributed by atoms with E-state index in [1.807, 2.05) is 6.07 Å². The summed E-state index contributed by atoms with van der Waals surface area (Å²) in [4.78, 5) is 11.1. The number of hydrogen-bond acceptors (Lipinski definition) is 5. The first kappa shape index (κ1) is 13.5. The summed E-state index contributed by atoms with van der Waals surface area (Å²) in [6.45, 7) is 0.501. The van der Waals surface area contributed by atoms with E-state index >= 15 is 0 Å². The molecule has 0 amide bonds. The number of aromatic nitrogens is 2. The zero-order valence-electron chi connectivity index (χ0n) is 10.1. The van der Waals surface area contributed by atoms with Crippen LogP contribution in [0.15, 0.2) is 12.4 Å². The summed E-state index contributed by atoms with van der Waals surface area (Å²) >= 11 is 0. The highest BCUT2D eigenvalue weighted by molar-refractivity contribution is 5.49. The Hall–Kier alpha value is -1.88. The fourth-order valence-electron chi connectivity index (χ4n) is 2.01. The van der Waals surface area contributed by atoms with E-state index in [1.165, 1.54) is 17.3 Å². The molecular weight excluding hydrogens is 259 g/mol. The monoisotopic (exact) mass is 271 g/mol. The van der Waals surface area contributed by atoms with Crippen LogP contribution in [0.25, 0.3) is 0 Å². The fourth-order valence-corrected chi connectivity index (χ4v) is 2.01. The predicted molar refractivity (Wildman–Crippen MR) is 61.5 cm³/mol. The Kier molecular flexibility index (Phi) is 3.85. The molecule has 0 spiro atoms. The molecule has 1 aromatic heterocycles. The molecule has 8 heteroatoms. The Balaban J connectivity index is 1.99. The molecule has 2 rings (SSSR count). The van der Waals surface area contributed by atoms with E-state index in [2.05, 4.69) is 9.97 Å². The third-order valence-electron chi connectivity index (χ3n) is 2.86. The topological polar surface area (TPSA) is 56.1 Å². The maximum atomic E-state index is 12.3. The average Bonchev–Trinajstić information content (AvgIpc) is 2.38. The van der Waals surface area contributed by atoms with Gasteiger partial charge in [-0.3, -0.25) is 4.90 Å². The number of rotatable bonds is 2. The summed E-state index contributed by atoms with van der Waals surface area (Å²) in [6, 6.07) is 1.93. The van der Waals surface area contributed by atoms with Gasteiger partial charge in [-0.05, 0) is 0 Å². The van der Waals surface area contributed by atoms with Crippen LogP contribution in [0.1, 0.15) is 5.69 Å². The minimum atomic E-state index is -4.17. The summed E-state index contributed by atoms with van der Waals surface area (Å²) in [7, 11) is 0. The molecule has 1 fully saturated rings. The molecule has 1 saturated heterocycles. The fraction of sp³-hybridized carbons (Fsp3) is 0.545. The van der Waals surface area contributed by atoms with Crippen LogP contribution < -0.4 is 4.90 Å². The molecular formula is C11H12F3N5. The Morgan fingerprint density at radius 3 is 2.37 bits per heavy atom. The van der Waals surface area contributed by atoms with Gasteiger partial charge in [0.2, 0.25) is 0 Å². The summed E-state index contributed by atoms with van der Waals surface area (Å²) in [5.74, 6) is 0.441. The third-order valence-corrected chi connectivity index (χ3v) is 2.86. The molecule has 0 radical (unpaired) electrons. The summed E-state index contributed by atoms with van der Waals surface area (Å²) in [5, 5.41) is 8.92. The minimum absolute atomic E-state index is 0.201. The summed E-state index contributed by atoms with van der Waals surface area (Å²) in [6.07, 6.45) is -1.28. The van der Waals surface area contributed by atoms with Crippen LogP contribution >= 0.6 is 0 Å². The van der Waals surface area contributed by atoms with E-state index in [0.29, 0.717) is 32.0 Å². The predicted octanol–water partition coefficient (Wildman–Crippen LogP) is 1.03. The molecule has 1 aliphatic rings. The molecule has 0 saturated carbocycles. The van der Waals surface area contributed by atoms with Gasteiger partial charge in [0.25, 0.3) is 0 Å². The first-order chi connectivity index (χ1) is 8.99. The van der Waals surface area contributed by atoms with Crippen molar-refractivity contribution in [2.24, 2.45) is 0 Å². The normalized spacial score (nSPS) is 17.3. The number of nitrogens with zero attached hydrogens (tertiary/aromatic N) is 5. The standard InChI is InChI=1S/C11H12F3N5/c12-11(13,14)8-18-3-5-19(6-4-18)10-9(7-15)16-1-2-17-10/h1-2H,3-6,8H2. The average molecular weight is 271 g/mol. The van der Waals surface area contributed by atoms with Crippen molar-refractivity contribution in [3.05, 3.63) is 18.1 Å². The molecule has 102 valence electrons. The number of alkyl halides is 3. The lowest BCUT2D eigenvalue weighted by Gasteiger charge is -2.35. The second kappa shape index (κ2) is 5.40. The van der Waals surface area contributed by atoms with Gasteiger partial charge < -0.3 is 4.90 Å². The largest absolute Gasteiger partial charge is 0.401 e. The van der Waals surface area contributed by atoms with Crippen LogP contribution in [0, 0.1) is 11.3 Å².